The molecule has 0 radical (unpaired) electrons. The Labute approximate surface area is 159 Å². The highest BCUT2D eigenvalue weighted by molar-refractivity contribution is 5.95. The fourth-order valence-electron chi connectivity index (χ4n) is 3.04. The van der Waals surface area contributed by atoms with Gasteiger partial charge in [0.05, 0.1) is 19.9 Å². The number of nitrogens with zero attached hydrogens (tertiary/aromatic N) is 1. The number of methoxy groups -OCH3 is 2. The van der Waals surface area contributed by atoms with E-state index in [2.05, 4.69) is 25.3 Å². The summed E-state index contributed by atoms with van der Waals surface area (Å²) in [5.74, 6) is 1.13. The Morgan fingerprint density at radius 2 is 1.70 bits per heavy atom. The largest absolute Gasteiger partial charge is 0.497 e. The maximum Gasteiger partial charge on any atom is 0.165 e. The monoisotopic (exact) mass is 368 g/mol. The van der Waals surface area contributed by atoms with E-state index in [9.17, 15) is 4.39 Å². The lowest BCUT2D eigenvalue weighted by Crippen LogP contribution is -2.37. The SMILES string of the molecule is COc1ccc(C2=C(c3ccc(OC)c(F)c3)NN(CC(C)C)C=C2)cc1. The Balaban J connectivity index is 2.05. The molecule has 0 saturated carbocycles. The van der Waals surface area contributed by atoms with E-state index >= 15 is 0 Å². The first kappa shape index (κ1) is 18.8. The third-order valence-corrected chi connectivity index (χ3v) is 4.35. The first-order valence-electron chi connectivity index (χ1n) is 8.96. The van der Waals surface area contributed by atoms with Gasteiger partial charge in [0.1, 0.15) is 5.75 Å². The van der Waals surface area contributed by atoms with Crippen LogP contribution in [-0.2, 0) is 0 Å². The summed E-state index contributed by atoms with van der Waals surface area (Å²) < 4.78 is 24.6. The predicted octanol–water partition coefficient (Wildman–Crippen LogP) is 4.70. The van der Waals surface area contributed by atoms with Crippen LogP contribution in [0.5, 0.6) is 11.5 Å². The summed E-state index contributed by atoms with van der Waals surface area (Å²) in [6.07, 6.45) is 4.07. The highest BCUT2D eigenvalue weighted by Crippen LogP contribution is 2.31. The number of hydrazine groups is 1. The molecule has 3 rings (SSSR count). The molecule has 0 amide bonds. The van der Waals surface area contributed by atoms with Gasteiger partial charge in [-0.15, -0.1) is 0 Å². The molecule has 2 aromatic carbocycles. The molecule has 4 nitrogen and oxygen atoms in total. The van der Waals surface area contributed by atoms with E-state index in [1.54, 1.807) is 13.2 Å². The van der Waals surface area contributed by atoms with Crippen molar-refractivity contribution in [2.75, 3.05) is 20.8 Å². The van der Waals surface area contributed by atoms with Crippen molar-refractivity contribution in [1.82, 2.24) is 10.4 Å². The first-order chi connectivity index (χ1) is 13.0. The maximum absolute atomic E-state index is 14.3. The normalized spacial score (nSPS) is 13.8. The van der Waals surface area contributed by atoms with Gasteiger partial charge in [0, 0.05) is 23.9 Å². The molecule has 27 heavy (non-hydrogen) atoms. The van der Waals surface area contributed by atoms with E-state index in [0.717, 1.165) is 34.7 Å². The zero-order chi connectivity index (χ0) is 19.4. The minimum Gasteiger partial charge on any atom is -0.497 e. The van der Waals surface area contributed by atoms with Crippen LogP contribution < -0.4 is 14.9 Å². The third-order valence-electron chi connectivity index (χ3n) is 4.35. The molecule has 0 saturated heterocycles. The smallest absolute Gasteiger partial charge is 0.165 e. The van der Waals surface area contributed by atoms with Crippen LogP contribution in [0, 0.1) is 11.7 Å². The van der Waals surface area contributed by atoms with Gasteiger partial charge in [-0.05, 0) is 47.9 Å². The molecular weight excluding hydrogens is 343 g/mol. The van der Waals surface area contributed by atoms with Crippen LogP contribution in [0.2, 0.25) is 0 Å². The van der Waals surface area contributed by atoms with Crippen LogP contribution in [-0.4, -0.2) is 25.8 Å². The van der Waals surface area contributed by atoms with Gasteiger partial charge in [0.15, 0.2) is 11.6 Å². The second-order valence-electron chi connectivity index (χ2n) is 6.84. The number of benzene rings is 2. The van der Waals surface area contributed by atoms with Crippen LogP contribution in [0.3, 0.4) is 0 Å². The fourth-order valence-corrected chi connectivity index (χ4v) is 3.04. The molecule has 1 aliphatic rings. The van der Waals surface area contributed by atoms with Gasteiger partial charge in [0.2, 0.25) is 0 Å². The molecule has 142 valence electrons. The Morgan fingerprint density at radius 3 is 2.30 bits per heavy atom. The Kier molecular flexibility index (Phi) is 5.69. The molecule has 1 N–H and O–H groups in total. The number of halogens is 1. The van der Waals surface area contributed by atoms with Crippen molar-refractivity contribution in [2.24, 2.45) is 5.92 Å². The van der Waals surface area contributed by atoms with Crippen molar-refractivity contribution in [2.45, 2.75) is 13.8 Å². The van der Waals surface area contributed by atoms with Crippen LogP contribution >= 0.6 is 0 Å². The van der Waals surface area contributed by atoms with Gasteiger partial charge in [-0.1, -0.05) is 26.0 Å². The van der Waals surface area contributed by atoms with Crippen molar-refractivity contribution in [3.05, 3.63) is 71.7 Å². The number of ether oxygens (including phenoxy) is 2. The predicted molar refractivity (Wildman–Crippen MR) is 107 cm³/mol. The van der Waals surface area contributed by atoms with Crippen molar-refractivity contribution in [3.8, 4) is 11.5 Å². The summed E-state index contributed by atoms with van der Waals surface area (Å²) in [6.45, 7) is 5.16. The molecular formula is C22H25FN2O2. The van der Waals surface area contributed by atoms with E-state index in [1.807, 2.05) is 41.5 Å². The fraction of sp³-hybridized carbons (Fsp3) is 0.273. The summed E-state index contributed by atoms with van der Waals surface area (Å²) in [5, 5.41) is 2.02. The van der Waals surface area contributed by atoms with Crippen LogP contribution in [0.25, 0.3) is 11.3 Å². The molecule has 0 bridgehead atoms. The van der Waals surface area contributed by atoms with Crippen molar-refractivity contribution in [1.29, 1.82) is 0 Å². The summed E-state index contributed by atoms with van der Waals surface area (Å²) in [6, 6.07) is 12.8. The maximum atomic E-state index is 14.3. The van der Waals surface area contributed by atoms with Gasteiger partial charge >= 0.3 is 0 Å². The molecule has 0 fully saturated rings. The lowest BCUT2D eigenvalue weighted by Gasteiger charge is -2.31. The van der Waals surface area contributed by atoms with E-state index in [4.69, 9.17) is 9.47 Å². The van der Waals surface area contributed by atoms with E-state index in [0.29, 0.717) is 5.92 Å². The summed E-state index contributed by atoms with van der Waals surface area (Å²) >= 11 is 0. The highest BCUT2D eigenvalue weighted by Gasteiger charge is 2.18. The number of allylic oxidation sites excluding steroid dienone is 2. The van der Waals surface area contributed by atoms with E-state index in [1.165, 1.54) is 13.2 Å². The van der Waals surface area contributed by atoms with Crippen molar-refractivity contribution >= 4 is 11.3 Å². The quantitative estimate of drug-likeness (QED) is 0.801. The molecule has 2 aromatic rings. The van der Waals surface area contributed by atoms with Crippen LogP contribution in [0.4, 0.5) is 4.39 Å². The lowest BCUT2D eigenvalue weighted by atomic mass is 9.98. The molecule has 0 unspecified atom stereocenters. The van der Waals surface area contributed by atoms with Gasteiger partial charge < -0.3 is 9.47 Å². The number of nitrogens with one attached hydrogen (secondary N) is 1. The van der Waals surface area contributed by atoms with Gasteiger partial charge in [-0.2, -0.15) is 0 Å². The lowest BCUT2D eigenvalue weighted by molar-refractivity contribution is 0.285. The Morgan fingerprint density at radius 1 is 1.00 bits per heavy atom. The Hall–Kier alpha value is -2.95. The van der Waals surface area contributed by atoms with Gasteiger partial charge in [-0.3, -0.25) is 10.4 Å². The molecule has 0 spiro atoms. The molecule has 0 atom stereocenters. The number of hydrogen-bond acceptors (Lipinski definition) is 4. The van der Waals surface area contributed by atoms with Gasteiger partial charge in [-0.25, -0.2) is 4.39 Å². The topological polar surface area (TPSA) is 33.7 Å². The zero-order valence-electron chi connectivity index (χ0n) is 16.1. The summed E-state index contributed by atoms with van der Waals surface area (Å²) in [5.41, 5.74) is 7.05. The van der Waals surface area contributed by atoms with Crippen molar-refractivity contribution in [3.63, 3.8) is 0 Å². The molecule has 1 heterocycles. The molecule has 0 aromatic heterocycles. The molecule has 5 heteroatoms. The second-order valence-corrected chi connectivity index (χ2v) is 6.84. The zero-order valence-corrected chi connectivity index (χ0v) is 16.1. The Bertz CT molecular complexity index is 857. The summed E-state index contributed by atoms with van der Waals surface area (Å²) in [4.78, 5) is 0. The first-order valence-corrected chi connectivity index (χ1v) is 8.96. The second kappa shape index (κ2) is 8.16. The van der Waals surface area contributed by atoms with Gasteiger partial charge in [0.25, 0.3) is 0 Å². The van der Waals surface area contributed by atoms with Crippen molar-refractivity contribution < 1.29 is 13.9 Å². The highest BCUT2D eigenvalue weighted by atomic mass is 19.1. The standard InChI is InChI=1S/C22H25FN2O2/c1-15(2)14-25-12-11-19(16-5-8-18(26-3)9-6-16)22(24-25)17-7-10-21(27-4)20(23)13-17/h5-13,15,24H,14H2,1-4H3. The van der Waals surface area contributed by atoms with Crippen LogP contribution in [0.1, 0.15) is 25.0 Å². The minimum absolute atomic E-state index is 0.232. The summed E-state index contributed by atoms with van der Waals surface area (Å²) in [7, 11) is 3.11. The van der Waals surface area contributed by atoms with E-state index < -0.39 is 0 Å². The third kappa shape index (κ3) is 4.25. The number of hydrogen-bond donors (Lipinski definition) is 1. The molecule has 1 aliphatic heterocycles. The molecule has 0 aliphatic carbocycles. The number of rotatable bonds is 6. The minimum atomic E-state index is -0.386. The van der Waals surface area contributed by atoms with E-state index in [-0.39, 0.29) is 11.6 Å². The average molecular weight is 368 g/mol. The van der Waals surface area contributed by atoms with Crippen LogP contribution in [0.15, 0.2) is 54.7 Å². The average Bonchev–Trinajstić information content (AvgIpc) is 2.67.